The highest BCUT2D eigenvalue weighted by atomic mass is 16.3. The number of anilines is 3. The number of hydrogen-bond donors (Lipinski definition) is 0. The van der Waals surface area contributed by atoms with Crippen LogP contribution in [0.5, 0.6) is 0 Å². The molecule has 0 fully saturated rings. The van der Waals surface area contributed by atoms with Crippen molar-refractivity contribution in [1.82, 2.24) is 0 Å². The summed E-state index contributed by atoms with van der Waals surface area (Å²) in [5, 5.41) is 7.47. The van der Waals surface area contributed by atoms with Crippen molar-refractivity contribution in [3.8, 4) is 22.3 Å². The quantitative estimate of drug-likeness (QED) is 0.186. The van der Waals surface area contributed by atoms with Gasteiger partial charge >= 0.3 is 0 Å². The van der Waals surface area contributed by atoms with Crippen LogP contribution in [0.4, 0.5) is 17.1 Å². The van der Waals surface area contributed by atoms with Crippen molar-refractivity contribution in [3.63, 3.8) is 0 Å². The van der Waals surface area contributed by atoms with Crippen molar-refractivity contribution in [2.24, 2.45) is 0 Å². The standard InChI is InChI=1S/C50H37NO/c1-49(2)41-27-33(23-25-36(41)39-29-45-40(28-42(39)49)37-20-12-13-21-44(37)52-45)51(32-16-6-5-7-17-32)48-35-19-11-9-15-31(35)26-43-46(48)38-24-22-30-14-8-10-18-34(30)47(38)50(43,3)4/h5-29H,1-4H3. The van der Waals surface area contributed by atoms with E-state index in [1.54, 1.807) is 0 Å². The van der Waals surface area contributed by atoms with Gasteiger partial charge < -0.3 is 9.32 Å². The zero-order valence-corrected chi connectivity index (χ0v) is 29.8. The Morgan fingerprint density at radius 2 is 1.10 bits per heavy atom. The van der Waals surface area contributed by atoms with Crippen LogP contribution in [0.1, 0.15) is 49.9 Å². The van der Waals surface area contributed by atoms with Gasteiger partial charge in [0.05, 0.1) is 5.69 Å². The molecule has 2 nitrogen and oxygen atoms in total. The lowest BCUT2D eigenvalue weighted by molar-refractivity contribution is 0.658. The van der Waals surface area contributed by atoms with E-state index in [1.165, 1.54) is 82.5 Å². The molecule has 0 saturated carbocycles. The molecule has 0 radical (unpaired) electrons. The highest BCUT2D eigenvalue weighted by molar-refractivity contribution is 6.12. The predicted molar refractivity (Wildman–Crippen MR) is 219 cm³/mol. The Bertz CT molecular complexity index is 2960. The monoisotopic (exact) mass is 667 g/mol. The van der Waals surface area contributed by atoms with Crippen molar-refractivity contribution in [3.05, 3.63) is 174 Å². The van der Waals surface area contributed by atoms with Gasteiger partial charge in [0.1, 0.15) is 11.2 Å². The number of benzene rings is 8. The van der Waals surface area contributed by atoms with Crippen molar-refractivity contribution in [2.75, 3.05) is 4.90 Å². The second-order valence-corrected chi connectivity index (χ2v) is 15.7. The Labute approximate surface area is 303 Å². The minimum absolute atomic E-state index is 0.185. The van der Waals surface area contributed by atoms with Gasteiger partial charge in [0.2, 0.25) is 0 Å². The lowest BCUT2D eigenvalue weighted by Gasteiger charge is -2.31. The first-order valence-electron chi connectivity index (χ1n) is 18.4. The minimum atomic E-state index is -0.205. The molecule has 0 spiro atoms. The van der Waals surface area contributed by atoms with Gasteiger partial charge in [0.15, 0.2) is 0 Å². The van der Waals surface area contributed by atoms with Crippen LogP contribution in [0.2, 0.25) is 0 Å². The van der Waals surface area contributed by atoms with Crippen LogP contribution >= 0.6 is 0 Å². The molecule has 0 atom stereocenters. The van der Waals surface area contributed by atoms with E-state index in [0.29, 0.717) is 0 Å². The average molecular weight is 668 g/mol. The van der Waals surface area contributed by atoms with Crippen molar-refractivity contribution < 1.29 is 4.42 Å². The van der Waals surface area contributed by atoms with Gasteiger partial charge in [-0.1, -0.05) is 131 Å². The molecule has 11 rings (SSSR count). The van der Waals surface area contributed by atoms with Crippen molar-refractivity contribution in [1.29, 1.82) is 0 Å². The van der Waals surface area contributed by atoms with E-state index in [9.17, 15) is 0 Å². The van der Waals surface area contributed by atoms with E-state index in [-0.39, 0.29) is 10.8 Å². The average Bonchev–Trinajstić information content (AvgIpc) is 3.73. The van der Waals surface area contributed by atoms with Crippen LogP contribution in [0.15, 0.2) is 156 Å². The summed E-state index contributed by atoms with van der Waals surface area (Å²) in [7, 11) is 0. The number of furan rings is 1. The fraction of sp³-hybridized carbons (Fsp3) is 0.120. The first-order chi connectivity index (χ1) is 25.3. The number of rotatable bonds is 3. The lowest BCUT2D eigenvalue weighted by Crippen LogP contribution is -2.18. The molecule has 0 saturated heterocycles. The Morgan fingerprint density at radius 1 is 0.423 bits per heavy atom. The Balaban J connectivity index is 1.19. The smallest absolute Gasteiger partial charge is 0.136 e. The number of hydrogen-bond acceptors (Lipinski definition) is 2. The van der Waals surface area contributed by atoms with Crippen LogP contribution in [0.3, 0.4) is 0 Å². The minimum Gasteiger partial charge on any atom is -0.456 e. The molecule has 0 aliphatic heterocycles. The van der Waals surface area contributed by atoms with Gasteiger partial charge in [-0.25, -0.2) is 0 Å². The first-order valence-corrected chi connectivity index (χ1v) is 18.4. The second kappa shape index (κ2) is 10.2. The van der Waals surface area contributed by atoms with E-state index in [2.05, 4.69) is 178 Å². The Hall–Kier alpha value is -6.12. The van der Waals surface area contributed by atoms with Crippen LogP contribution in [-0.4, -0.2) is 0 Å². The van der Waals surface area contributed by atoms with E-state index >= 15 is 0 Å². The highest BCUT2D eigenvalue weighted by Crippen LogP contribution is 2.59. The summed E-state index contributed by atoms with van der Waals surface area (Å²) in [5.41, 5.74) is 15.7. The molecule has 52 heavy (non-hydrogen) atoms. The molecular weight excluding hydrogens is 631 g/mol. The molecule has 2 aliphatic carbocycles. The number of para-hydroxylation sites is 2. The Kier molecular flexibility index (Phi) is 5.83. The maximum absolute atomic E-state index is 6.39. The van der Waals surface area contributed by atoms with Gasteiger partial charge in [-0.2, -0.15) is 0 Å². The summed E-state index contributed by atoms with van der Waals surface area (Å²) in [4.78, 5) is 2.53. The first kappa shape index (κ1) is 29.6. The maximum atomic E-state index is 6.39. The molecule has 0 bridgehead atoms. The zero-order chi connectivity index (χ0) is 34.9. The summed E-state index contributed by atoms with van der Waals surface area (Å²) in [6, 6.07) is 56.0. The molecule has 8 aromatic carbocycles. The number of nitrogens with zero attached hydrogens (tertiary/aromatic N) is 1. The van der Waals surface area contributed by atoms with Crippen LogP contribution < -0.4 is 4.90 Å². The molecule has 1 aromatic heterocycles. The predicted octanol–water partition coefficient (Wildman–Crippen LogP) is 14.0. The molecule has 0 amide bonds. The summed E-state index contributed by atoms with van der Waals surface area (Å²) >= 11 is 0. The highest BCUT2D eigenvalue weighted by Gasteiger charge is 2.41. The molecule has 0 unspecified atom stereocenters. The zero-order valence-electron chi connectivity index (χ0n) is 29.8. The van der Waals surface area contributed by atoms with Crippen molar-refractivity contribution in [2.45, 2.75) is 38.5 Å². The van der Waals surface area contributed by atoms with E-state index in [0.717, 1.165) is 22.5 Å². The normalized spacial score (nSPS) is 14.8. The summed E-state index contributed by atoms with van der Waals surface area (Å²) < 4.78 is 6.39. The largest absolute Gasteiger partial charge is 0.456 e. The van der Waals surface area contributed by atoms with Gasteiger partial charge in [0.25, 0.3) is 0 Å². The Morgan fingerprint density at radius 3 is 1.92 bits per heavy atom. The molecule has 0 N–H and O–H groups in total. The molecule has 1 heterocycles. The van der Waals surface area contributed by atoms with Gasteiger partial charge in [-0.3, -0.25) is 0 Å². The lowest BCUT2D eigenvalue weighted by atomic mass is 9.79. The van der Waals surface area contributed by atoms with Crippen molar-refractivity contribution >= 4 is 60.5 Å². The molecule has 2 aliphatic rings. The maximum Gasteiger partial charge on any atom is 0.136 e. The summed E-state index contributed by atoms with van der Waals surface area (Å²) in [5.74, 6) is 0. The summed E-state index contributed by atoms with van der Waals surface area (Å²) in [6.07, 6.45) is 0. The number of fused-ring (bicyclic) bond motifs is 12. The SMILES string of the molecule is CC1(C)c2cc(N(c3ccccc3)c3c4c(cc5ccccc35)C(C)(C)c3c-4ccc4ccccc34)ccc2-c2cc3oc4ccccc4c3cc21. The van der Waals surface area contributed by atoms with E-state index < -0.39 is 0 Å². The third kappa shape index (κ3) is 3.84. The van der Waals surface area contributed by atoms with Crippen LogP contribution in [-0.2, 0) is 10.8 Å². The second-order valence-electron chi connectivity index (χ2n) is 15.7. The molecule has 248 valence electrons. The molecule has 9 aromatic rings. The fourth-order valence-corrected chi connectivity index (χ4v) is 9.68. The van der Waals surface area contributed by atoms with Gasteiger partial charge in [-0.15, -0.1) is 0 Å². The van der Waals surface area contributed by atoms with Crippen LogP contribution in [0, 0.1) is 0 Å². The van der Waals surface area contributed by atoms with Gasteiger partial charge in [0, 0.05) is 43.9 Å². The fourth-order valence-electron chi connectivity index (χ4n) is 9.68. The third-order valence-corrected chi connectivity index (χ3v) is 12.2. The molecule has 2 heteroatoms. The molecular formula is C50H37NO. The summed E-state index contributed by atoms with van der Waals surface area (Å²) in [6.45, 7) is 9.57. The van der Waals surface area contributed by atoms with E-state index in [1.807, 2.05) is 6.07 Å². The van der Waals surface area contributed by atoms with Crippen LogP contribution in [0.25, 0.3) is 65.7 Å². The van der Waals surface area contributed by atoms with Gasteiger partial charge in [-0.05, 0) is 104 Å². The topological polar surface area (TPSA) is 16.4 Å². The van der Waals surface area contributed by atoms with E-state index in [4.69, 9.17) is 4.42 Å². The third-order valence-electron chi connectivity index (χ3n) is 12.2.